The number of hydrogen-bond acceptors (Lipinski definition) is 2. The monoisotopic (exact) mass is 218 g/mol. The van der Waals surface area contributed by atoms with Crippen molar-refractivity contribution in [2.75, 3.05) is 25.5 Å². The van der Waals surface area contributed by atoms with Gasteiger partial charge in [0.2, 0.25) is 5.91 Å². The van der Waals surface area contributed by atoms with Gasteiger partial charge in [-0.3, -0.25) is 4.79 Å². The molecule has 3 nitrogen and oxygen atoms in total. The summed E-state index contributed by atoms with van der Waals surface area (Å²) in [6.45, 7) is 1.98. The number of anilines is 1. The predicted molar refractivity (Wildman–Crippen MR) is 65.3 cm³/mol. The van der Waals surface area contributed by atoms with Crippen LogP contribution in [0.25, 0.3) is 0 Å². The Morgan fingerprint density at radius 3 is 2.81 bits per heavy atom. The van der Waals surface area contributed by atoms with Crippen molar-refractivity contribution >= 4 is 11.6 Å². The molecule has 1 N–H and O–H groups in total. The summed E-state index contributed by atoms with van der Waals surface area (Å²) in [5.41, 5.74) is 0.890. The molecule has 1 saturated heterocycles. The summed E-state index contributed by atoms with van der Waals surface area (Å²) >= 11 is 0. The highest BCUT2D eigenvalue weighted by molar-refractivity contribution is 5.92. The van der Waals surface area contributed by atoms with E-state index in [0.717, 1.165) is 31.6 Å². The average molecular weight is 218 g/mol. The molecule has 1 aromatic carbocycles. The van der Waals surface area contributed by atoms with E-state index in [1.165, 1.54) is 0 Å². The van der Waals surface area contributed by atoms with Crippen LogP contribution in [0.4, 0.5) is 5.69 Å². The van der Waals surface area contributed by atoms with E-state index in [-0.39, 0.29) is 11.8 Å². The molecule has 0 radical (unpaired) electrons. The van der Waals surface area contributed by atoms with Gasteiger partial charge in [0, 0.05) is 12.2 Å². The maximum atomic E-state index is 12.0. The van der Waals surface area contributed by atoms with Crippen LogP contribution in [0.3, 0.4) is 0 Å². The minimum Gasteiger partial charge on any atom is -0.326 e. The van der Waals surface area contributed by atoms with Crippen molar-refractivity contribution in [2.45, 2.75) is 12.8 Å². The van der Waals surface area contributed by atoms with Gasteiger partial charge in [0.25, 0.3) is 0 Å². The zero-order valence-electron chi connectivity index (χ0n) is 9.65. The molecule has 1 aliphatic rings. The van der Waals surface area contributed by atoms with Gasteiger partial charge in [-0.25, -0.2) is 0 Å². The van der Waals surface area contributed by atoms with Crippen molar-refractivity contribution in [3.05, 3.63) is 30.3 Å². The molecule has 16 heavy (non-hydrogen) atoms. The molecule has 0 spiro atoms. The molecule has 86 valence electrons. The highest BCUT2D eigenvalue weighted by atomic mass is 16.1. The van der Waals surface area contributed by atoms with Gasteiger partial charge in [0.15, 0.2) is 0 Å². The average Bonchev–Trinajstić information content (AvgIpc) is 2.30. The minimum absolute atomic E-state index is 0.138. The van der Waals surface area contributed by atoms with Crippen molar-refractivity contribution in [1.82, 2.24) is 4.90 Å². The molecule has 1 amide bonds. The van der Waals surface area contributed by atoms with Crippen LogP contribution >= 0.6 is 0 Å². The fourth-order valence-corrected chi connectivity index (χ4v) is 2.15. The third-order valence-electron chi connectivity index (χ3n) is 3.04. The van der Waals surface area contributed by atoms with E-state index in [1.807, 2.05) is 30.3 Å². The molecular formula is C13H18N2O. The lowest BCUT2D eigenvalue weighted by Crippen LogP contribution is -2.38. The van der Waals surface area contributed by atoms with Crippen LogP contribution < -0.4 is 5.32 Å². The third kappa shape index (κ3) is 2.83. The van der Waals surface area contributed by atoms with Crippen molar-refractivity contribution in [2.24, 2.45) is 5.92 Å². The third-order valence-corrected chi connectivity index (χ3v) is 3.04. The van der Waals surface area contributed by atoms with Gasteiger partial charge in [-0.05, 0) is 38.6 Å². The summed E-state index contributed by atoms with van der Waals surface area (Å²) in [6, 6.07) is 9.66. The summed E-state index contributed by atoms with van der Waals surface area (Å²) < 4.78 is 0. The van der Waals surface area contributed by atoms with Crippen molar-refractivity contribution in [1.29, 1.82) is 0 Å². The van der Waals surface area contributed by atoms with Crippen LogP contribution in [0.2, 0.25) is 0 Å². The number of likely N-dealkylation sites (tertiary alicyclic amines) is 1. The molecule has 0 aromatic heterocycles. The van der Waals surface area contributed by atoms with E-state index in [1.54, 1.807) is 0 Å². The lowest BCUT2D eigenvalue weighted by Gasteiger charge is -2.28. The van der Waals surface area contributed by atoms with Crippen LogP contribution in [0.5, 0.6) is 0 Å². The van der Waals surface area contributed by atoms with Gasteiger partial charge in [-0.2, -0.15) is 0 Å². The van der Waals surface area contributed by atoms with E-state index in [4.69, 9.17) is 0 Å². The summed E-state index contributed by atoms with van der Waals surface area (Å²) in [4.78, 5) is 14.2. The second kappa shape index (κ2) is 5.12. The fourth-order valence-electron chi connectivity index (χ4n) is 2.15. The molecule has 0 saturated carbocycles. The number of amides is 1. The van der Waals surface area contributed by atoms with Crippen molar-refractivity contribution < 1.29 is 4.79 Å². The fraction of sp³-hybridized carbons (Fsp3) is 0.462. The number of nitrogens with zero attached hydrogens (tertiary/aromatic N) is 1. The first-order valence-corrected chi connectivity index (χ1v) is 5.80. The highest BCUT2D eigenvalue weighted by Crippen LogP contribution is 2.17. The van der Waals surface area contributed by atoms with Crippen LogP contribution in [0.15, 0.2) is 30.3 Å². The molecule has 0 bridgehead atoms. The predicted octanol–water partition coefficient (Wildman–Crippen LogP) is 1.97. The maximum absolute atomic E-state index is 12.0. The minimum atomic E-state index is 0.138. The number of carbonyl (C=O) groups is 1. The Morgan fingerprint density at radius 1 is 1.38 bits per heavy atom. The van der Waals surface area contributed by atoms with Crippen LogP contribution in [-0.2, 0) is 4.79 Å². The van der Waals surface area contributed by atoms with E-state index in [9.17, 15) is 4.79 Å². The zero-order chi connectivity index (χ0) is 11.4. The number of benzene rings is 1. The van der Waals surface area contributed by atoms with Gasteiger partial charge in [0.05, 0.1) is 5.92 Å². The van der Waals surface area contributed by atoms with E-state index >= 15 is 0 Å². The van der Waals surface area contributed by atoms with E-state index in [0.29, 0.717) is 0 Å². The van der Waals surface area contributed by atoms with Gasteiger partial charge in [-0.1, -0.05) is 18.2 Å². The largest absolute Gasteiger partial charge is 0.326 e. The zero-order valence-corrected chi connectivity index (χ0v) is 9.65. The Labute approximate surface area is 96.5 Å². The second-order valence-corrected chi connectivity index (χ2v) is 4.46. The number of para-hydroxylation sites is 1. The normalized spacial score (nSPS) is 21.7. The Hall–Kier alpha value is -1.35. The summed E-state index contributed by atoms with van der Waals surface area (Å²) in [5, 5.41) is 2.97. The molecule has 1 fully saturated rings. The topological polar surface area (TPSA) is 32.3 Å². The Morgan fingerprint density at radius 2 is 2.12 bits per heavy atom. The quantitative estimate of drug-likeness (QED) is 0.823. The molecule has 0 aliphatic carbocycles. The van der Waals surface area contributed by atoms with Gasteiger partial charge >= 0.3 is 0 Å². The summed E-state index contributed by atoms with van der Waals surface area (Å²) in [6.07, 6.45) is 2.12. The first-order valence-electron chi connectivity index (χ1n) is 5.80. The van der Waals surface area contributed by atoms with Gasteiger partial charge < -0.3 is 10.2 Å². The second-order valence-electron chi connectivity index (χ2n) is 4.46. The Bertz CT molecular complexity index is 350. The number of carbonyl (C=O) groups excluding carboxylic acids is 1. The number of rotatable bonds is 2. The first kappa shape index (κ1) is 11.1. The SMILES string of the molecule is CN1CCC[C@@H](C(=O)Nc2ccccc2)C1. The highest BCUT2D eigenvalue weighted by Gasteiger charge is 2.23. The molecular weight excluding hydrogens is 200 g/mol. The standard InChI is InChI=1S/C13H18N2O/c1-15-9-5-6-11(10-15)13(16)14-12-7-3-2-4-8-12/h2-4,7-8,11H,5-6,9-10H2,1H3,(H,14,16)/t11-/m1/s1. The molecule has 1 heterocycles. The maximum Gasteiger partial charge on any atom is 0.228 e. The Balaban J connectivity index is 1.93. The van der Waals surface area contributed by atoms with Gasteiger partial charge in [-0.15, -0.1) is 0 Å². The van der Waals surface area contributed by atoms with Crippen molar-refractivity contribution in [3.63, 3.8) is 0 Å². The van der Waals surface area contributed by atoms with Crippen LogP contribution in [0, 0.1) is 5.92 Å². The van der Waals surface area contributed by atoms with E-state index < -0.39 is 0 Å². The number of piperidine rings is 1. The molecule has 1 aliphatic heterocycles. The van der Waals surface area contributed by atoms with Gasteiger partial charge in [0.1, 0.15) is 0 Å². The smallest absolute Gasteiger partial charge is 0.228 e. The Kier molecular flexibility index (Phi) is 3.57. The summed E-state index contributed by atoms with van der Waals surface area (Å²) in [5.74, 6) is 0.289. The first-order chi connectivity index (χ1) is 7.75. The summed E-state index contributed by atoms with van der Waals surface area (Å²) in [7, 11) is 2.07. The van der Waals surface area contributed by atoms with Crippen LogP contribution in [0.1, 0.15) is 12.8 Å². The lowest BCUT2D eigenvalue weighted by atomic mass is 9.97. The lowest BCUT2D eigenvalue weighted by molar-refractivity contribution is -0.121. The molecule has 1 atom stereocenters. The van der Waals surface area contributed by atoms with E-state index in [2.05, 4.69) is 17.3 Å². The van der Waals surface area contributed by atoms with Crippen LogP contribution in [-0.4, -0.2) is 30.9 Å². The van der Waals surface area contributed by atoms with Crippen molar-refractivity contribution in [3.8, 4) is 0 Å². The molecule has 1 aromatic rings. The number of nitrogens with one attached hydrogen (secondary N) is 1. The molecule has 0 unspecified atom stereocenters. The molecule has 3 heteroatoms. The number of hydrogen-bond donors (Lipinski definition) is 1. The molecule has 2 rings (SSSR count).